The highest BCUT2D eigenvalue weighted by Gasteiger charge is 2.29. The second-order valence-electron chi connectivity index (χ2n) is 4.14. The van der Waals surface area contributed by atoms with Gasteiger partial charge in [-0.15, -0.1) is 23.5 Å². The van der Waals surface area contributed by atoms with Crippen molar-refractivity contribution in [3.8, 4) is 6.07 Å². The van der Waals surface area contributed by atoms with Crippen LogP contribution in [0.4, 0.5) is 0 Å². The van der Waals surface area contributed by atoms with Crippen LogP contribution in [-0.4, -0.2) is 15.6 Å². The van der Waals surface area contributed by atoms with Gasteiger partial charge in [0.1, 0.15) is 0 Å². The Hall–Kier alpha value is -0.590. The summed E-state index contributed by atoms with van der Waals surface area (Å²) in [6.07, 6.45) is 2.33. The number of hydrogen-bond acceptors (Lipinski definition) is 3. The molecule has 0 amide bonds. The van der Waals surface area contributed by atoms with Gasteiger partial charge in [0, 0.05) is 11.5 Å². The zero-order chi connectivity index (χ0) is 11.4. The predicted molar refractivity (Wildman–Crippen MR) is 72.8 cm³/mol. The molecule has 1 aliphatic heterocycles. The van der Waals surface area contributed by atoms with Gasteiger partial charge in [-0.3, -0.25) is 0 Å². The van der Waals surface area contributed by atoms with E-state index in [0.717, 1.165) is 12.0 Å². The molecule has 1 aliphatic rings. The molecule has 0 radical (unpaired) electrons. The maximum atomic E-state index is 8.72. The Labute approximate surface area is 106 Å². The van der Waals surface area contributed by atoms with E-state index < -0.39 is 0 Å². The van der Waals surface area contributed by atoms with Gasteiger partial charge in [0.25, 0.3) is 0 Å². The summed E-state index contributed by atoms with van der Waals surface area (Å²) in [6, 6.07) is 10.1. The molecule has 0 aromatic heterocycles. The Morgan fingerprint density at radius 1 is 1.25 bits per heavy atom. The predicted octanol–water partition coefficient (Wildman–Crippen LogP) is 3.69. The van der Waals surface area contributed by atoms with Gasteiger partial charge in [-0.05, 0) is 37.5 Å². The zero-order valence-electron chi connectivity index (χ0n) is 9.40. The van der Waals surface area contributed by atoms with Crippen LogP contribution >= 0.6 is 23.5 Å². The number of nitrogens with zero attached hydrogens (tertiary/aromatic N) is 1. The summed E-state index contributed by atoms with van der Waals surface area (Å²) in [4.78, 5) is 0. The van der Waals surface area contributed by atoms with E-state index in [-0.39, 0.29) is 0 Å². The summed E-state index contributed by atoms with van der Waals surface area (Å²) in [5.74, 6) is 2.57. The molecule has 1 heterocycles. The Morgan fingerprint density at radius 2 is 1.88 bits per heavy atom. The summed E-state index contributed by atoms with van der Waals surface area (Å²) in [5.41, 5.74) is 2.09. The molecule has 0 atom stereocenters. The lowest BCUT2D eigenvalue weighted by molar-refractivity contribution is 0.772. The summed E-state index contributed by atoms with van der Waals surface area (Å²) in [7, 11) is 0. The Bertz CT molecular complexity index is 385. The second kappa shape index (κ2) is 5.16. The van der Waals surface area contributed by atoms with Crippen molar-refractivity contribution in [1.82, 2.24) is 0 Å². The number of nitriles is 1. The molecule has 0 spiro atoms. The standard InChI is InChI=1S/C13H15NS2/c1-13(15-8-9-16-13)7-6-11-2-4-12(10-14)5-3-11/h2-5H,6-9H2,1H3. The van der Waals surface area contributed by atoms with Gasteiger partial charge >= 0.3 is 0 Å². The van der Waals surface area contributed by atoms with Crippen LogP contribution in [0.1, 0.15) is 24.5 Å². The smallest absolute Gasteiger partial charge is 0.0991 e. The molecule has 0 unspecified atom stereocenters. The van der Waals surface area contributed by atoms with Crippen molar-refractivity contribution in [2.24, 2.45) is 0 Å². The average Bonchev–Trinajstić information content (AvgIpc) is 2.75. The van der Waals surface area contributed by atoms with Gasteiger partial charge in [-0.1, -0.05) is 12.1 Å². The van der Waals surface area contributed by atoms with Crippen molar-refractivity contribution in [2.75, 3.05) is 11.5 Å². The van der Waals surface area contributed by atoms with E-state index in [9.17, 15) is 0 Å². The largest absolute Gasteiger partial charge is 0.192 e. The third-order valence-electron chi connectivity index (χ3n) is 2.85. The summed E-state index contributed by atoms with van der Waals surface area (Å²) in [6.45, 7) is 2.35. The van der Waals surface area contributed by atoms with Gasteiger partial charge < -0.3 is 0 Å². The maximum absolute atomic E-state index is 8.72. The highest BCUT2D eigenvalue weighted by Crippen LogP contribution is 2.46. The van der Waals surface area contributed by atoms with Crippen molar-refractivity contribution >= 4 is 23.5 Å². The van der Waals surface area contributed by atoms with Gasteiger partial charge in [-0.25, -0.2) is 0 Å². The number of rotatable bonds is 3. The Balaban J connectivity index is 1.92. The molecule has 1 fully saturated rings. The lowest BCUT2D eigenvalue weighted by Crippen LogP contribution is -2.12. The monoisotopic (exact) mass is 249 g/mol. The van der Waals surface area contributed by atoms with E-state index in [0.29, 0.717) is 4.08 Å². The molecule has 0 aliphatic carbocycles. The molecule has 0 bridgehead atoms. The van der Waals surface area contributed by atoms with Crippen LogP contribution in [0, 0.1) is 11.3 Å². The topological polar surface area (TPSA) is 23.8 Å². The van der Waals surface area contributed by atoms with E-state index in [1.807, 2.05) is 12.1 Å². The van der Waals surface area contributed by atoms with Gasteiger partial charge in [-0.2, -0.15) is 5.26 Å². The summed E-state index contributed by atoms with van der Waals surface area (Å²) in [5, 5.41) is 8.72. The molecule has 1 saturated heterocycles. The summed E-state index contributed by atoms with van der Waals surface area (Å²) < 4.78 is 0.411. The fourth-order valence-corrected chi connectivity index (χ4v) is 4.67. The Kier molecular flexibility index (Phi) is 3.83. The van der Waals surface area contributed by atoms with Crippen LogP contribution in [0.25, 0.3) is 0 Å². The lowest BCUT2D eigenvalue weighted by atomic mass is 10.1. The first kappa shape index (κ1) is 11.9. The molecule has 3 heteroatoms. The van der Waals surface area contributed by atoms with Crippen molar-refractivity contribution in [1.29, 1.82) is 5.26 Å². The zero-order valence-corrected chi connectivity index (χ0v) is 11.0. The maximum Gasteiger partial charge on any atom is 0.0991 e. The van der Waals surface area contributed by atoms with E-state index in [4.69, 9.17) is 5.26 Å². The van der Waals surface area contributed by atoms with E-state index in [1.54, 1.807) is 0 Å². The third-order valence-corrected chi connectivity index (χ3v) is 6.26. The molecular formula is C13H15NS2. The van der Waals surface area contributed by atoms with Crippen LogP contribution in [0.15, 0.2) is 24.3 Å². The van der Waals surface area contributed by atoms with Crippen LogP contribution in [0.5, 0.6) is 0 Å². The van der Waals surface area contributed by atoms with Crippen LogP contribution in [0.3, 0.4) is 0 Å². The SMILES string of the molecule is CC1(CCc2ccc(C#N)cc2)SCCS1. The van der Waals surface area contributed by atoms with Crippen LogP contribution in [-0.2, 0) is 6.42 Å². The van der Waals surface area contributed by atoms with Gasteiger partial charge in [0.2, 0.25) is 0 Å². The number of benzene rings is 1. The number of aryl methyl sites for hydroxylation is 1. The highest BCUT2D eigenvalue weighted by molar-refractivity contribution is 8.21. The molecule has 1 aromatic carbocycles. The first-order valence-corrected chi connectivity index (χ1v) is 7.46. The third kappa shape index (κ3) is 2.96. The van der Waals surface area contributed by atoms with E-state index in [2.05, 4.69) is 48.6 Å². The minimum Gasteiger partial charge on any atom is -0.192 e. The van der Waals surface area contributed by atoms with Crippen LogP contribution < -0.4 is 0 Å². The Morgan fingerprint density at radius 3 is 2.44 bits per heavy atom. The van der Waals surface area contributed by atoms with E-state index in [1.165, 1.54) is 23.5 Å². The molecule has 1 nitrogen and oxygen atoms in total. The molecule has 2 rings (SSSR count). The normalized spacial score (nSPS) is 18.2. The molecular weight excluding hydrogens is 234 g/mol. The number of hydrogen-bond donors (Lipinski definition) is 0. The molecule has 16 heavy (non-hydrogen) atoms. The van der Waals surface area contributed by atoms with Crippen molar-refractivity contribution < 1.29 is 0 Å². The van der Waals surface area contributed by atoms with Gasteiger partial charge in [0.15, 0.2) is 0 Å². The molecule has 84 valence electrons. The first-order chi connectivity index (χ1) is 7.72. The lowest BCUT2D eigenvalue weighted by Gasteiger charge is -2.21. The minimum atomic E-state index is 0.411. The average molecular weight is 249 g/mol. The number of thioether (sulfide) groups is 2. The second-order valence-corrected chi connectivity index (χ2v) is 7.59. The molecule has 0 N–H and O–H groups in total. The summed E-state index contributed by atoms with van der Waals surface area (Å²) >= 11 is 4.16. The quantitative estimate of drug-likeness (QED) is 0.816. The highest BCUT2D eigenvalue weighted by atomic mass is 32.2. The van der Waals surface area contributed by atoms with Crippen molar-refractivity contribution in [2.45, 2.75) is 23.8 Å². The van der Waals surface area contributed by atoms with E-state index >= 15 is 0 Å². The minimum absolute atomic E-state index is 0.411. The van der Waals surface area contributed by atoms with Gasteiger partial charge in [0.05, 0.1) is 15.7 Å². The fraction of sp³-hybridized carbons (Fsp3) is 0.462. The molecule has 0 saturated carbocycles. The van der Waals surface area contributed by atoms with Crippen molar-refractivity contribution in [3.63, 3.8) is 0 Å². The molecule has 1 aromatic rings. The fourth-order valence-electron chi connectivity index (χ4n) is 1.82. The van der Waals surface area contributed by atoms with Crippen molar-refractivity contribution in [3.05, 3.63) is 35.4 Å². The van der Waals surface area contributed by atoms with Crippen LogP contribution in [0.2, 0.25) is 0 Å². The first-order valence-electron chi connectivity index (χ1n) is 5.49.